The maximum absolute atomic E-state index is 11.9. The Kier molecular flexibility index (Phi) is 5.79. The number of carbonyl (C=O) groups is 2. The summed E-state index contributed by atoms with van der Waals surface area (Å²) in [6.07, 6.45) is 0.318. The van der Waals surface area contributed by atoms with E-state index >= 15 is 0 Å². The van der Waals surface area contributed by atoms with Gasteiger partial charge in [0.2, 0.25) is 0 Å². The largest absolute Gasteiger partial charge is 0.496 e. The van der Waals surface area contributed by atoms with Crippen LogP contribution in [0, 0.1) is 0 Å². The maximum atomic E-state index is 11.9. The Morgan fingerprint density at radius 1 is 1.10 bits per heavy atom. The lowest BCUT2D eigenvalue weighted by molar-refractivity contribution is 0.0476. The van der Waals surface area contributed by atoms with Gasteiger partial charge in [0.05, 0.1) is 20.8 Å². The average molecular weight is 284 g/mol. The minimum absolute atomic E-state index is 0.0346. The summed E-state index contributed by atoms with van der Waals surface area (Å²) in [6.45, 7) is -0.0346. The van der Waals surface area contributed by atoms with Crippen molar-refractivity contribution in [2.24, 2.45) is 0 Å². The van der Waals surface area contributed by atoms with Crippen molar-refractivity contribution in [2.45, 2.75) is 6.42 Å². The van der Waals surface area contributed by atoms with Crippen LogP contribution in [0.4, 0.5) is 0 Å². The predicted molar refractivity (Wildman–Crippen MR) is 68.5 cm³/mol. The van der Waals surface area contributed by atoms with Crippen LogP contribution in [-0.4, -0.2) is 49.6 Å². The van der Waals surface area contributed by atoms with Gasteiger partial charge in [-0.2, -0.15) is 0 Å². The molecule has 20 heavy (non-hydrogen) atoms. The standard InChI is InChI=1S/C13H16O7/c1-18-10-7-9(13(17)20-5-3-4-14)11(19-2)6-8(10)12(15)16/h6-7,14H,3-5H2,1-2H3,(H,15,16). The molecule has 0 heterocycles. The lowest BCUT2D eigenvalue weighted by Crippen LogP contribution is -2.11. The summed E-state index contributed by atoms with van der Waals surface area (Å²) in [7, 11) is 2.62. The molecule has 0 unspecified atom stereocenters. The molecule has 7 heteroatoms. The van der Waals surface area contributed by atoms with Crippen molar-refractivity contribution >= 4 is 11.9 Å². The van der Waals surface area contributed by atoms with Crippen molar-refractivity contribution in [1.29, 1.82) is 0 Å². The van der Waals surface area contributed by atoms with Crippen LogP contribution in [-0.2, 0) is 4.74 Å². The first kappa shape index (κ1) is 15.8. The number of esters is 1. The van der Waals surface area contributed by atoms with Crippen molar-refractivity contribution in [1.82, 2.24) is 0 Å². The third-order valence-corrected chi connectivity index (χ3v) is 2.51. The normalized spacial score (nSPS) is 9.95. The van der Waals surface area contributed by atoms with Gasteiger partial charge in [0.15, 0.2) is 0 Å². The van der Waals surface area contributed by atoms with Crippen molar-refractivity contribution in [2.75, 3.05) is 27.4 Å². The van der Waals surface area contributed by atoms with E-state index in [-0.39, 0.29) is 35.8 Å². The molecule has 0 radical (unpaired) electrons. The molecule has 1 aromatic carbocycles. The van der Waals surface area contributed by atoms with Gasteiger partial charge in [0, 0.05) is 13.0 Å². The Labute approximate surface area is 115 Å². The van der Waals surface area contributed by atoms with Crippen LogP contribution in [0.2, 0.25) is 0 Å². The summed E-state index contributed by atoms with van der Waals surface area (Å²) in [4.78, 5) is 22.9. The van der Waals surface area contributed by atoms with Gasteiger partial charge in [0.1, 0.15) is 22.6 Å². The molecule has 110 valence electrons. The molecule has 0 aliphatic rings. The summed E-state index contributed by atoms with van der Waals surface area (Å²) in [5.41, 5.74) is -0.0523. The third-order valence-electron chi connectivity index (χ3n) is 2.51. The average Bonchev–Trinajstić information content (AvgIpc) is 2.45. The lowest BCUT2D eigenvalue weighted by Gasteiger charge is -2.12. The molecule has 0 fully saturated rings. The molecule has 0 aliphatic heterocycles. The van der Waals surface area contributed by atoms with Crippen LogP contribution in [0.15, 0.2) is 12.1 Å². The summed E-state index contributed by atoms with van der Waals surface area (Å²) in [5, 5.41) is 17.7. The van der Waals surface area contributed by atoms with E-state index in [0.29, 0.717) is 6.42 Å². The summed E-state index contributed by atoms with van der Waals surface area (Å²) in [5.74, 6) is -1.75. The third kappa shape index (κ3) is 3.61. The molecule has 0 atom stereocenters. The molecule has 7 nitrogen and oxygen atoms in total. The van der Waals surface area contributed by atoms with Crippen molar-refractivity contribution in [3.05, 3.63) is 23.3 Å². The molecule has 0 amide bonds. The van der Waals surface area contributed by atoms with Gasteiger partial charge in [-0.15, -0.1) is 0 Å². The topological polar surface area (TPSA) is 102 Å². The van der Waals surface area contributed by atoms with Gasteiger partial charge in [-0.3, -0.25) is 0 Å². The van der Waals surface area contributed by atoms with E-state index < -0.39 is 11.9 Å². The van der Waals surface area contributed by atoms with Crippen molar-refractivity contribution in [3.8, 4) is 11.5 Å². The molecule has 0 saturated heterocycles. The zero-order valence-electron chi connectivity index (χ0n) is 11.2. The molecular formula is C13H16O7. The van der Waals surface area contributed by atoms with Gasteiger partial charge >= 0.3 is 11.9 Å². The smallest absolute Gasteiger partial charge is 0.342 e. The molecule has 0 saturated carbocycles. The lowest BCUT2D eigenvalue weighted by atomic mass is 10.1. The Balaban J connectivity index is 3.12. The number of aliphatic hydroxyl groups is 1. The van der Waals surface area contributed by atoms with Crippen LogP contribution < -0.4 is 9.47 Å². The Morgan fingerprint density at radius 2 is 1.65 bits per heavy atom. The number of carboxylic acids is 1. The van der Waals surface area contributed by atoms with Crippen LogP contribution in [0.25, 0.3) is 0 Å². The van der Waals surface area contributed by atoms with Gasteiger partial charge < -0.3 is 24.4 Å². The highest BCUT2D eigenvalue weighted by Gasteiger charge is 2.21. The molecule has 2 N–H and O–H groups in total. The molecule has 0 bridgehead atoms. The molecule has 0 spiro atoms. The molecule has 1 aromatic rings. The van der Waals surface area contributed by atoms with Crippen LogP contribution in [0.1, 0.15) is 27.1 Å². The van der Waals surface area contributed by atoms with E-state index in [4.69, 9.17) is 24.4 Å². The number of rotatable bonds is 7. The number of ether oxygens (including phenoxy) is 3. The molecule has 0 aliphatic carbocycles. The van der Waals surface area contributed by atoms with Crippen LogP contribution >= 0.6 is 0 Å². The second-order valence-corrected chi connectivity index (χ2v) is 3.77. The maximum Gasteiger partial charge on any atom is 0.342 e. The fraction of sp³-hybridized carbons (Fsp3) is 0.385. The number of aromatic carboxylic acids is 1. The Hall–Kier alpha value is -2.28. The first-order valence-corrected chi connectivity index (χ1v) is 5.82. The van der Waals surface area contributed by atoms with Gasteiger partial charge in [0.25, 0.3) is 0 Å². The number of aliphatic hydroxyl groups excluding tert-OH is 1. The Bertz CT molecular complexity index is 496. The second-order valence-electron chi connectivity index (χ2n) is 3.77. The van der Waals surface area contributed by atoms with E-state index in [2.05, 4.69) is 0 Å². The van der Waals surface area contributed by atoms with E-state index in [1.807, 2.05) is 0 Å². The zero-order valence-corrected chi connectivity index (χ0v) is 11.2. The van der Waals surface area contributed by atoms with Gasteiger partial charge in [-0.25, -0.2) is 9.59 Å². The highest BCUT2D eigenvalue weighted by Crippen LogP contribution is 2.29. The summed E-state index contributed by atoms with van der Waals surface area (Å²) in [6, 6.07) is 2.45. The van der Waals surface area contributed by atoms with Gasteiger partial charge in [-0.05, 0) is 12.1 Å². The van der Waals surface area contributed by atoms with E-state index in [9.17, 15) is 9.59 Å². The number of benzene rings is 1. The fourth-order valence-electron chi connectivity index (χ4n) is 1.53. The highest BCUT2D eigenvalue weighted by atomic mass is 16.5. The zero-order chi connectivity index (χ0) is 15.1. The monoisotopic (exact) mass is 284 g/mol. The van der Waals surface area contributed by atoms with Crippen molar-refractivity contribution < 1.29 is 34.0 Å². The first-order chi connectivity index (χ1) is 9.54. The summed E-state index contributed by atoms with van der Waals surface area (Å²) < 4.78 is 14.9. The molecular weight excluding hydrogens is 268 g/mol. The van der Waals surface area contributed by atoms with Crippen molar-refractivity contribution in [3.63, 3.8) is 0 Å². The minimum atomic E-state index is -1.19. The predicted octanol–water partition coefficient (Wildman–Crippen LogP) is 0.941. The minimum Gasteiger partial charge on any atom is -0.496 e. The van der Waals surface area contributed by atoms with E-state index in [0.717, 1.165) is 0 Å². The quantitative estimate of drug-likeness (QED) is 0.567. The highest BCUT2D eigenvalue weighted by molar-refractivity contribution is 5.97. The molecule has 0 aromatic heterocycles. The van der Waals surface area contributed by atoms with Crippen LogP contribution in [0.3, 0.4) is 0 Å². The Morgan fingerprint density at radius 3 is 2.15 bits per heavy atom. The van der Waals surface area contributed by atoms with E-state index in [1.165, 1.54) is 26.4 Å². The number of hydrogen-bond donors (Lipinski definition) is 2. The van der Waals surface area contributed by atoms with Gasteiger partial charge in [-0.1, -0.05) is 0 Å². The fourth-order valence-corrected chi connectivity index (χ4v) is 1.53. The number of carbonyl (C=O) groups excluding carboxylic acids is 1. The summed E-state index contributed by atoms with van der Waals surface area (Å²) >= 11 is 0. The molecule has 1 rings (SSSR count). The number of carboxylic acid groups (broad SMARTS) is 1. The number of methoxy groups -OCH3 is 2. The first-order valence-electron chi connectivity index (χ1n) is 5.82. The second kappa shape index (κ2) is 7.34. The SMILES string of the molecule is COc1cc(C(=O)OCCCO)c(OC)cc1C(=O)O. The van der Waals surface area contributed by atoms with Crippen LogP contribution in [0.5, 0.6) is 11.5 Å². The number of hydrogen-bond acceptors (Lipinski definition) is 6. The van der Waals surface area contributed by atoms with E-state index in [1.54, 1.807) is 0 Å².